The van der Waals surface area contributed by atoms with Crippen LogP contribution in [-0.2, 0) is 0 Å². The van der Waals surface area contributed by atoms with E-state index < -0.39 is 12.8 Å². The molecule has 7 heteroatoms. The number of benzene rings is 1. The predicted molar refractivity (Wildman–Crippen MR) is 65.3 cm³/mol. The highest BCUT2D eigenvalue weighted by atomic mass is 19.4. The number of nitrogens with one attached hydrogen (secondary N) is 1. The highest BCUT2D eigenvalue weighted by molar-refractivity contribution is 5.84. The Bertz CT molecular complexity index is 572. The highest BCUT2D eigenvalue weighted by Gasteiger charge is 2.29. The molecule has 0 fully saturated rings. The molecular weight excluding hydrogens is 259 g/mol. The van der Waals surface area contributed by atoms with Gasteiger partial charge in [0.25, 0.3) is 0 Å². The number of aromatic nitrogens is 2. The molecule has 2 rings (SSSR count). The largest absolute Gasteiger partial charge is 0.467 e. The predicted octanol–water partition coefficient (Wildman–Crippen LogP) is 3.00. The molecule has 2 aromatic rings. The molecule has 0 spiro atoms. The normalized spacial score (nSPS) is 11.6. The average Bonchev–Trinajstić information content (AvgIpc) is 2.35. The Hall–Kier alpha value is -2.05. The van der Waals surface area contributed by atoms with E-state index in [4.69, 9.17) is 4.74 Å². The van der Waals surface area contributed by atoms with E-state index in [9.17, 15) is 13.2 Å². The summed E-state index contributed by atoms with van der Waals surface area (Å²) in [6.07, 6.45) is -4.40. The molecule has 19 heavy (non-hydrogen) atoms. The summed E-state index contributed by atoms with van der Waals surface area (Å²) in [5.74, 6) is 0.178. The monoisotopic (exact) mass is 271 g/mol. The third kappa shape index (κ3) is 3.46. The molecule has 1 heterocycles. The summed E-state index contributed by atoms with van der Waals surface area (Å²) in [4.78, 5) is 8.14. The molecule has 0 aliphatic carbocycles. The topological polar surface area (TPSA) is 47.0 Å². The van der Waals surface area contributed by atoms with Crippen LogP contribution in [0.15, 0.2) is 24.3 Å². The Balaban J connectivity index is 2.38. The van der Waals surface area contributed by atoms with Crippen LogP contribution in [0.5, 0.6) is 5.88 Å². The van der Waals surface area contributed by atoms with Crippen LogP contribution in [-0.4, -0.2) is 29.3 Å². The van der Waals surface area contributed by atoms with Crippen LogP contribution in [0.25, 0.3) is 10.9 Å². The van der Waals surface area contributed by atoms with Crippen molar-refractivity contribution in [3.63, 3.8) is 0 Å². The van der Waals surface area contributed by atoms with Crippen molar-refractivity contribution in [2.45, 2.75) is 13.1 Å². The molecule has 1 aromatic heterocycles. The fourth-order valence-electron chi connectivity index (χ4n) is 1.54. The van der Waals surface area contributed by atoms with E-state index in [1.807, 2.05) is 6.92 Å². The highest BCUT2D eigenvalue weighted by Crippen LogP contribution is 2.25. The van der Waals surface area contributed by atoms with Gasteiger partial charge in [-0.3, -0.25) is 0 Å². The maximum absolute atomic E-state index is 12.2. The van der Waals surface area contributed by atoms with E-state index in [-0.39, 0.29) is 11.8 Å². The van der Waals surface area contributed by atoms with Crippen LogP contribution >= 0.6 is 0 Å². The SMILES string of the molecule is CCNc1nc(OCC(F)(F)F)c2ccccc2n1. The van der Waals surface area contributed by atoms with Gasteiger partial charge in [-0.15, -0.1) is 0 Å². The van der Waals surface area contributed by atoms with Gasteiger partial charge in [0.1, 0.15) is 0 Å². The maximum Gasteiger partial charge on any atom is 0.422 e. The molecular formula is C12H12F3N3O. The lowest BCUT2D eigenvalue weighted by molar-refractivity contribution is -0.153. The quantitative estimate of drug-likeness (QED) is 0.928. The summed E-state index contributed by atoms with van der Waals surface area (Å²) < 4.78 is 41.4. The van der Waals surface area contributed by atoms with Crippen molar-refractivity contribution in [3.05, 3.63) is 24.3 Å². The standard InChI is InChI=1S/C12H12F3N3O/c1-2-16-11-17-9-6-4-3-5-8(9)10(18-11)19-7-12(13,14)15/h3-6H,2,7H2,1H3,(H,16,17,18). The van der Waals surface area contributed by atoms with Crippen LogP contribution in [0.2, 0.25) is 0 Å². The summed E-state index contributed by atoms with van der Waals surface area (Å²) >= 11 is 0. The van der Waals surface area contributed by atoms with Gasteiger partial charge in [-0.25, -0.2) is 4.98 Å². The molecule has 0 aliphatic heterocycles. The zero-order valence-electron chi connectivity index (χ0n) is 10.2. The summed E-state index contributed by atoms with van der Waals surface area (Å²) in [6, 6.07) is 6.76. The van der Waals surface area contributed by atoms with Gasteiger partial charge in [-0.2, -0.15) is 18.2 Å². The van der Waals surface area contributed by atoms with Crippen LogP contribution in [0, 0.1) is 0 Å². The lowest BCUT2D eigenvalue weighted by Crippen LogP contribution is -2.20. The Morgan fingerprint density at radius 1 is 1.21 bits per heavy atom. The smallest absolute Gasteiger partial charge is 0.422 e. The van der Waals surface area contributed by atoms with E-state index >= 15 is 0 Å². The fraction of sp³-hybridized carbons (Fsp3) is 0.333. The van der Waals surface area contributed by atoms with Crippen molar-refractivity contribution in [1.82, 2.24) is 9.97 Å². The lowest BCUT2D eigenvalue weighted by atomic mass is 10.2. The van der Waals surface area contributed by atoms with E-state index in [2.05, 4.69) is 15.3 Å². The van der Waals surface area contributed by atoms with E-state index in [1.165, 1.54) is 0 Å². The second-order valence-electron chi connectivity index (χ2n) is 3.80. The van der Waals surface area contributed by atoms with Gasteiger partial charge >= 0.3 is 6.18 Å². The number of fused-ring (bicyclic) bond motifs is 1. The van der Waals surface area contributed by atoms with Gasteiger partial charge in [0.05, 0.1) is 10.9 Å². The zero-order chi connectivity index (χ0) is 13.9. The van der Waals surface area contributed by atoms with E-state index in [0.29, 0.717) is 17.4 Å². The van der Waals surface area contributed by atoms with Gasteiger partial charge in [0.2, 0.25) is 11.8 Å². The summed E-state index contributed by atoms with van der Waals surface area (Å²) in [6.45, 7) is 1.03. The Labute approximate surface area is 107 Å². The number of nitrogens with zero attached hydrogens (tertiary/aromatic N) is 2. The van der Waals surface area contributed by atoms with Crippen LogP contribution in [0.1, 0.15) is 6.92 Å². The number of hydrogen-bond acceptors (Lipinski definition) is 4. The number of alkyl halides is 3. The molecule has 0 aliphatic rings. The van der Waals surface area contributed by atoms with Crippen LogP contribution in [0.4, 0.5) is 19.1 Å². The Morgan fingerprint density at radius 3 is 2.63 bits per heavy atom. The lowest BCUT2D eigenvalue weighted by Gasteiger charge is -2.11. The minimum atomic E-state index is -4.40. The molecule has 4 nitrogen and oxygen atoms in total. The molecule has 102 valence electrons. The van der Waals surface area contributed by atoms with Crippen molar-refractivity contribution >= 4 is 16.9 Å². The molecule has 0 atom stereocenters. The van der Waals surface area contributed by atoms with Crippen LogP contribution in [0.3, 0.4) is 0 Å². The van der Waals surface area contributed by atoms with Gasteiger partial charge in [-0.05, 0) is 19.1 Å². The minimum Gasteiger partial charge on any atom is -0.467 e. The van der Waals surface area contributed by atoms with Crippen molar-refractivity contribution in [1.29, 1.82) is 0 Å². The molecule has 0 amide bonds. The maximum atomic E-state index is 12.2. The van der Waals surface area contributed by atoms with Crippen molar-refractivity contribution in [2.75, 3.05) is 18.5 Å². The summed E-state index contributed by atoms with van der Waals surface area (Å²) in [5, 5.41) is 3.31. The number of ether oxygens (including phenoxy) is 1. The fourth-order valence-corrected chi connectivity index (χ4v) is 1.54. The first-order chi connectivity index (χ1) is 8.99. The van der Waals surface area contributed by atoms with Crippen LogP contribution < -0.4 is 10.1 Å². The Morgan fingerprint density at radius 2 is 1.95 bits per heavy atom. The molecule has 1 aromatic carbocycles. The molecule has 0 saturated carbocycles. The first-order valence-corrected chi connectivity index (χ1v) is 5.70. The molecule has 0 saturated heterocycles. The van der Waals surface area contributed by atoms with Crippen molar-refractivity contribution in [3.8, 4) is 5.88 Å². The van der Waals surface area contributed by atoms with Gasteiger partial charge in [0, 0.05) is 6.54 Å². The first-order valence-electron chi connectivity index (χ1n) is 5.70. The van der Waals surface area contributed by atoms with Gasteiger partial charge < -0.3 is 10.1 Å². The summed E-state index contributed by atoms with van der Waals surface area (Å²) in [7, 11) is 0. The summed E-state index contributed by atoms with van der Waals surface area (Å²) in [5.41, 5.74) is 0.533. The number of anilines is 1. The number of rotatable bonds is 4. The second kappa shape index (κ2) is 5.29. The average molecular weight is 271 g/mol. The van der Waals surface area contributed by atoms with Crippen molar-refractivity contribution in [2.24, 2.45) is 0 Å². The Kier molecular flexibility index (Phi) is 3.73. The second-order valence-corrected chi connectivity index (χ2v) is 3.80. The first kappa shape index (κ1) is 13.4. The zero-order valence-corrected chi connectivity index (χ0v) is 10.2. The van der Waals surface area contributed by atoms with Gasteiger partial charge in [-0.1, -0.05) is 12.1 Å². The van der Waals surface area contributed by atoms with Crippen molar-refractivity contribution < 1.29 is 17.9 Å². The molecule has 1 N–H and O–H groups in total. The molecule has 0 unspecified atom stereocenters. The van der Waals surface area contributed by atoms with Gasteiger partial charge in [0.15, 0.2) is 6.61 Å². The number of hydrogen-bond donors (Lipinski definition) is 1. The molecule has 0 radical (unpaired) electrons. The van der Waals surface area contributed by atoms with E-state index in [1.54, 1.807) is 24.3 Å². The number of halogens is 3. The third-order valence-electron chi connectivity index (χ3n) is 2.28. The minimum absolute atomic E-state index is 0.0705. The van der Waals surface area contributed by atoms with E-state index in [0.717, 1.165) is 0 Å². The third-order valence-corrected chi connectivity index (χ3v) is 2.28. The molecule has 0 bridgehead atoms. The number of para-hydroxylation sites is 1.